The van der Waals surface area contributed by atoms with Gasteiger partial charge in [0.2, 0.25) is 0 Å². The van der Waals surface area contributed by atoms with E-state index in [9.17, 15) is 9.59 Å². The van der Waals surface area contributed by atoms with Gasteiger partial charge in [-0.15, -0.1) is 0 Å². The molecule has 0 saturated carbocycles. The number of nitrogens with zero attached hydrogens (tertiary/aromatic N) is 3. The fourth-order valence-corrected chi connectivity index (χ4v) is 4.06. The number of rotatable bonds is 4. The molecule has 0 spiro atoms. The van der Waals surface area contributed by atoms with E-state index in [0.717, 1.165) is 26.1 Å². The van der Waals surface area contributed by atoms with Crippen LogP contribution in [-0.2, 0) is 0 Å². The minimum absolute atomic E-state index is 0.0428. The summed E-state index contributed by atoms with van der Waals surface area (Å²) in [5.74, 6) is -0.131. The van der Waals surface area contributed by atoms with Crippen LogP contribution in [0.15, 0.2) is 48.5 Å². The average Bonchev–Trinajstić information content (AvgIpc) is 3.23. The smallest absolute Gasteiger partial charge is 0.260 e. The second-order valence-electron chi connectivity index (χ2n) is 7.26. The molecule has 140 valence electrons. The number of likely N-dealkylation sites (tertiary alicyclic amines) is 1. The van der Waals surface area contributed by atoms with Gasteiger partial charge in [-0.1, -0.05) is 24.3 Å². The number of amides is 2. The molecule has 0 atom stereocenters. The van der Waals surface area contributed by atoms with Gasteiger partial charge in [0.25, 0.3) is 11.8 Å². The van der Waals surface area contributed by atoms with Gasteiger partial charge < -0.3 is 14.7 Å². The van der Waals surface area contributed by atoms with E-state index in [0.29, 0.717) is 29.0 Å². The quantitative estimate of drug-likeness (QED) is 0.836. The first kappa shape index (κ1) is 17.7. The lowest BCUT2D eigenvalue weighted by Crippen LogP contribution is -2.40. The lowest BCUT2D eigenvalue weighted by atomic mass is 10.0. The topological polar surface area (TPSA) is 43.9 Å². The van der Waals surface area contributed by atoms with E-state index in [-0.39, 0.29) is 11.8 Å². The highest BCUT2D eigenvalue weighted by Crippen LogP contribution is 2.31. The number of hydrogen-bond acceptors (Lipinski definition) is 3. The Bertz CT molecular complexity index is 858. The molecular weight excluding hydrogens is 338 g/mol. The molecule has 2 amide bonds. The second kappa shape index (κ2) is 7.53. The number of carbonyl (C=O) groups excluding carboxylic acids is 2. The van der Waals surface area contributed by atoms with E-state index in [2.05, 4.69) is 4.90 Å². The van der Waals surface area contributed by atoms with Crippen LogP contribution < -0.4 is 9.80 Å². The third kappa shape index (κ3) is 3.35. The van der Waals surface area contributed by atoms with E-state index in [4.69, 9.17) is 0 Å². The summed E-state index contributed by atoms with van der Waals surface area (Å²) in [7, 11) is 1.73. The van der Waals surface area contributed by atoms with Crippen molar-refractivity contribution < 1.29 is 9.59 Å². The van der Waals surface area contributed by atoms with Gasteiger partial charge in [0.15, 0.2) is 0 Å². The molecule has 2 aliphatic heterocycles. The SMILES string of the molecule is CN1C(=O)c2ccccc2N(CCCN2CCCC2)C(=O)c2ccccc21. The maximum Gasteiger partial charge on any atom is 0.260 e. The third-order valence-corrected chi connectivity index (χ3v) is 5.53. The average molecular weight is 363 g/mol. The summed E-state index contributed by atoms with van der Waals surface area (Å²) in [6, 6.07) is 14.8. The molecule has 1 saturated heterocycles. The summed E-state index contributed by atoms with van der Waals surface area (Å²) in [6.07, 6.45) is 3.42. The van der Waals surface area contributed by atoms with Gasteiger partial charge in [-0.05, 0) is 63.2 Å². The molecule has 2 aromatic carbocycles. The Morgan fingerprint density at radius 2 is 1.37 bits per heavy atom. The van der Waals surface area contributed by atoms with Gasteiger partial charge in [-0.25, -0.2) is 0 Å². The lowest BCUT2D eigenvalue weighted by Gasteiger charge is -2.31. The Labute approximate surface area is 160 Å². The molecule has 1 fully saturated rings. The molecule has 5 nitrogen and oxygen atoms in total. The molecule has 0 aromatic heterocycles. The number of para-hydroxylation sites is 2. The molecule has 27 heavy (non-hydrogen) atoms. The summed E-state index contributed by atoms with van der Waals surface area (Å²) in [5, 5.41) is 0. The molecule has 2 aromatic rings. The molecule has 0 aliphatic carbocycles. The normalized spacial score (nSPS) is 17.5. The molecule has 0 radical (unpaired) electrons. The van der Waals surface area contributed by atoms with Crippen molar-refractivity contribution in [1.29, 1.82) is 0 Å². The van der Waals surface area contributed by atoms with Crippen molar-refractivity contribution in [3.05, 3.63) is 59.7 Å². The zero-order valence-corrected chi connectivity index (χ0v) is 15.7. The Hall–Kier alpha value is -2.66. The van der Waals surface area contributed by atoms with E-state index < -0.39 is 0 Å². The molecule has 0 unspecified atom stereocenters. The van der Waals surface area contributed by atoms with E-state index in [1.54, 1.807) is 16.8 Å². The number of fused-ring (bicyclic) bond motifs is 2. The van der Waals surface area contributed by atoms with Crippen LogP contribution in [0.3, 0.4) is 0 Å². The maximum atomic E-state index is 13.4. The molecule has 2 aliphatic rings. The predicted molar refractivity (Wildman–Crippen MR) is 108 cm³/mol. The highest BCUT2D eigenvalue weighted by Gasteiger charge is 2.30. The van der Waals surface area contributed by atoms with Crippen molar-refractivity contribution in [3.63, 3.8) is 0 Å². The van der Waals surface area contributed by atoms with Gasteiger partial charge in [0, 0.05) is 13.6 Å². The van der Waals surface area contributed by atoms with Gasteiger partial charge >= 0.3 is 0 Å². The molecule has 5 heteroatoms. The fourth-order valence-electron chi connectivity index (χ4n) is 4.06. The predicted octanol–water partition coefficient (Wildman–Crippen LogP) is 3.41. The Morgan fingerprint density at radius 1 is 0.778 bits per heavy atom. The highest BCUT2D eigenvalue weighted by molar-refractivity contribution is 6.20. The van der Waals surface area contributed by atoms with Crippen LogP contribution in [0.4, 0.5) is 11.4 Å². The van der Waals surface area contributed by atoms with Gasteiger partial charge in [0.1, 0.15) is 0 Å². The molecule has 0 N–H and O–H groups in total. The number of anilines is 2. The first-order valence-electron chi connectivity index (χ1n) is 9.67. The zero-order valence-electron chi connectivity index (χ0n) is 15.7. The van der Waals surface area contributed by atoms with Crippen molar-refractivity contribution in [2.75, 3.05) is 43.0 Å². The van der Waals surface area contributed by atoms with Crippen LogP contribution in [0.25, 0.3) is 0 Å². The number of carbonyl (C=O) groups is 2. The first-order chi connectivity index (χ1) is 13.2. The number of hydrogen-bond donors (Lipinski definition) is 0. The standard InChI is InChI=1S/C22H25N3O2/c1-23-19-11-4-2-9-17(19)22(27)25(16-8-15-24-13-6-7-14-24)20-12-5-3-10-18(20)21(23)26/h2-5,9-12H,6-8,13-16H2,1H3. The second-order valence-corrected chi connectivity index (χ2v) is 7.26. The van der Waals surface area contributed by atoms with E-state index >= 15 is 0 Å². The molecule has 0 bridgehead atoms. The molecule has 2 heterocycles. The summed E-state index contributed by atoms with van der Waals surface area (Å²) in [5.41, 5.74) is 2.51. The Morgan fingerprint density at radius 3 is 2.07 bits per heavy atom. The summed E-state index contributed by atoms with van der Waals surface area (Å²) in [6.45, 7) is 3.90. The van der Waals surface area contributed by atoms with Gasteiger partial charge in [0.05, 0.1) is 22.5 Å². The summed E-state index contributed by atoms with van der Waals surface area (Å²) < 4.78 is 0. The van der Waals surface area contributed by atoms with Crippen LogP contribution in [-0.4, -0.2) is 49.9 Å². The fraction of sp³-hybridized carbons (Fsp3) is 0.364. The van der Waals surface area contributed by atoms with Crippen LogP contribution in [0, 0.1) is 0 Å². The third-order valence-electron chi connectivity index (χ3n) is 5.53. The summed E-state index contributed by atoms with van der Waals surface area (Å²) in [4.78, 5) is 32.3. The number of benzene rings is 2. The summed E-state index contributed by atoms with van der Waals surface area (Å²) >= 11 is 0. The van der Waals surface area contributed by atoms with Crippen LogP contribution >= 0.6 is 0 Å². The molecular formula is C22H25N3O2. The zero-order chi connectivity index (χ0) is 18.8. The van der Waals surface area contributed by atoms with Crippen LogP contribution in [0.2, 0.25) is 0 Å². The van der Waals surface area contributed by atoms with Gasteiger partial charge in [-0.2, -0.15) is 0 Å². The minimum atomic E-state index is -0.0879. The Balaban J connectivity index is 1.69. The van der Waals surface area contributed by atoms with Crippen molar-refractivity contribution in [2.45, 2.75) is 19.3 Å². The maximum absolute atomic E-state index is 13.4. The van der Waals surface area contributed by atoms with Crippen molar-refractivity contribution in [2.24, 2.45) is 0 Å². The van der Waals surface area contributed by atoms with Crippen LogP contribution in [0.5, 0.6) is 0 Å². The van der Waals surface area contributed by atoms with E-state index in [1.807, 2.05) is 48.5 Å². The van der Waals surface area contributed by atoms with Gasteiger partial charge in [-0.3, -0.25) is 9.59 Å². The molecule has 4 rings (SSSR count). The Kier molecular flexibility index (Phi) is 4.94. The highest BCUT2D eigenvalue weighted by atomic mass is 16.2. The lowest BCUT2D eigenvalue weighted by molar-refractivity contribution is 0.0976. The monoisotopic (exact) mass is 363 g/mol. The first-order valence-corrected chi connectivity index (χ1v) is 9.67. The van der Waals surface area contributed by atoms with Crippen molar-refractivity contribution in [3.8, 4) is 0 Å². The van der Waals surface area contributed by atoms with E-state index in [1.165, 1.54) is 12.8 Å². The minimum Gasteiger partial charge on any atom is -0.311 e. The van der Waals surface area contributed by atoms with Crippen molar-refractivity contribution in [1.82, 2.24) is 4.90 Å². The van der Waals surface area contributed by atoms with Crippen molar-refractivity contribution >= 4 is 23.2 Å². The largest absolute Gasteiger partial charge is 0.311 e. The van der Waals surface area contributed by atoms with Crippen LogP contribution in [0.1, 0.15) is 40.0 Å².